The lowest BCUT2D eigenvalue weighted by Crippen LogP contribution is -2.58. The number of nitrogens with one attached hydrogen (secondary N) is 2. The summed E-state index contributed by atoms with van der Waals surface area (Å²) in [4.78, 5) is 61.8. The number of anilines is 3. The third-order valence-corrected chi connectivity index (χ3v) is 14.0. The zero-order chi connectivity index (χ0) is 44.6. The SMILES string of the molecule is CN(C[C@H]1CC[C@H](n2cc(NC(=O)c3cnn4ccc(N5CC6CCC(C5)O6)nc34)c(C(F)F)n2)CC1)C1CCN(c2cccc3c2n(C)c(=O)n3C2CCC(=O)NC2=O)CC1(F)F. The first-order chi connectivity index (χ1) is 30.7. The number of para-hydroxylation sites is 1. The number of piperidine rings is 2. The van der Waals surface area contributed by atoms with Crippen molar-refractivity contribution in [2.75, 3.05) is 54.9 Å². The molecule has 4 aliphatic heterocycles. The zero-order valence-corrected chi connectivity index (χ0v) is 35.5. The molecule has 0 spiro atoms. The fourth-order valence-corrected chi connectivity index (χ4v) is 10.7. The first-order valence-corrected chi connectivity index (χ1v) is 22.0. The number of aryl methyl sites for hydroxylation is 1. The number of imide groups is 1. The van der Waals surface area contributed by atoms with Crippen LogP contribution in [0.2, 0.25) is 0 Å². The highest BCUT2D eigenvalue weighted by atomic mass is 19.3. The number of hydrogen-bond donors (Lipinski definition) is 2. The Balaban J connectivity index is 0.770. The minimum absolute atomic E-state index is 0.0878. The number of benzene rings is 1. The van der Waals surface area contributed by atoms with Gasteiger partial charge in [0.15, 0.2) is 11.3 Å². The molecule has 5 aliphatic rings. The summed E-state index contributed by atoms with van der Waals surface area (Å²) in [6, 6.07) is 4.77. The average Bonchev–Trinajstić information content (AvgIpc) is 4.04. The van der Waals surface area contributed by atoms with Crippen LogP contribution < -0.4 is 26.1 Å². The molecule has 5 fully saturated rings. The van der Waals surface area contributed by atoms with E-state index in [-0.39, 0.29) is 54.7 Å². The van der Waals surface area contributed by atoms with E-state index in [1.165, 1.54) is 30.7 Å². The van der Waals surface area contributed by atoms with Crippen molar-refractivity contribution in [1.82, 2.24) is 43.7 Å². The van der Waals surface area contributed by atoms with Crippen molar-refractivity contribution in [3.8, 4) is 0 Å². The molecule has 21 heteroatoms. The van der Waals surface area contributed by atoms with Crippen molar-refractivity contribution in [3.05, 3.63) is 64.6 Å². The quantitative estimate of drug-likeness (QED) is 0.148. The number of alkyl halides is 4. The van der Waals surface area contributed by atoms with Crippen molar-refractivity contribution in [2.45, 2.75) is 100 Å². The van der Waals surface area contributed by atoms with E-state index in [9.17, 15) is 28.0 Å². The van der Waals surface area contributed by atoms with Gasteiger partial charge in [-0.3, -0.25) is 38.4 Å². The van der Waals surface area contributed by atoms with Crippen LogP contribution in [0, 0.1) is 5.92 Å². The van der Waals surface area contributed by atoms with Gasteiger partial charge in [-0.2, -0.15) is 10.2 Å². The van der Waals surface area contributed by atoms with Crippen molar-refractivity contribution in [3.63, 3.8) is 0 Å². The van der Waals surface area contributed by atoms with Gasteiger partial charge in [-0.25, -0.2) is 31.9 Å². The molecule has 0 radical (unpaired) electrons. The second-order valence-corrected chi connectivity index (χ2v) is 18.1. The van der Waals surface area contributed by atoms with E-state index in [0.29, 0.717) is 80.0 Å². The number of carbonyl (C=O) groups excluding carboxylic acids is 3. The lowest BCUT2D eigenvalue weighted by atomic mass is 9.85. The number of carbonyl (C=O) groups is 3. The smallest absolute Gasteiger partial charge is 0.329 e. The molecule has 2 bridgehead atoms. The van der Waals surface area contributed by atoms with Gasteiger partial charge in [-0.1, -0.05) is 6.07 Å². The van der Waals surface area contributed by atoms with E-state index in [1.807, 2.05) is 6.07 Å². The molecular formula is C43H50F4N12O5. The lowest BCUT2D eigenvalue weighted by molar-refractivity contribution is -0.135. The van der Waals surface area contributed by atoms with Crippen LogP contribution in [0.4, 0.5) is 34.8 Å². The van der Waals surface area contributed by atoms with Crippen molar-refractivity contribution in [1.29, 1.82) is 0 Å². The highest BCUT2D eigenvalue weighted by Crippen LogP contribution is 2.40. The summed E-state index contributed by atoms with van der Waals surface area (Å²) < 4.78 is 72.7. The molecule has 4 unspecified atom stereocenters. The largest absolute Gasteiger partial charge is 0.371 e. The first kappa shape index (κ1) is 42.1. The maximum Gasteiger partial charge on any atom is 0.329 e. The number of aromatic nitrogens is 7. The molecule has 64 heavy (non-hydrogen) atoms. The van der Waals surface area contributed by atoms with E-state index in [0.717, 1.165) is 12.8 Å². The van der Waals surface area contributed by atoms with Gasteiger partial charge in [0.25, 0.3) is 18.3 Å². The standard InChI is InChI=1S/C43H50F4N12O5/c1-53(33-14-16-55(23-43(33,46)47)30-4-3-5-31-37(30)54(2)42(63)59(31)32-12-13-35(60)51-41(32)62)19-24-6-8-25(9-7-24)58-22-29(36(52-58)38(44)45)49-40(61)28-18-48-57-17-15-34(50-39(28)57)56-20-26-10-11-27(21-56)64-26/h3-5,15,17-18,22,24-27,32-33,38H,6-14,16,19-21,23H2,1-2H3,(H,49,61)(H,51,60,62)/t24-,25-,26?,27?,32?,33?. The first-order valence-electron chi connectivity index (χ1n) is 22.0. The summed E-state index contributed by atoms with van der Waals surface area (Å²) >= 11 is 0. The fourth-order valence-electron chi connectivity index (χ4n) is 10.7. The maximum atomic E-state index is 16.2. The van der Waals surface area contributed by atoms with Crippen LogP contribution in [0.15, 0.2) is 47.7 Å². The van der Waals surface area contributed by atoms with E-state index >= 15 is 8.78 Å². The van der Waals surface area contributed by atoms with Gasteiger partial charge >= 0.3 is 5.69 Å². The second-order valence-electron chi connectivity index (χ2n) is 18.1. The van der Waals surface area contributed by atoms with Crippen molar-refractivity contribution >= 4 is 51.6 Å². The number of rotatable bonds is 10. The van der Waals surface area contributed by atoms with Gasteiger partial charge in [0.1, 0.15) is 17.4 Å². The third-order valence-electron chi connectivity index (χ3n) is 14.0. The van der Waals surface area contributed by atoms with Crippen molar-refractivity contribution < 1.29 is 36.7 Å². The predicted molar refractivity (Wildman–Crippen MR) is 226 cm³/mol. The molecule has 1 saturated carbocycles. The molecule has 4 aromatic heterocycles. The van der Waals surface area contributed by atoms with Gasteiger partial charge < -0.3 is 19.9 Å². The van der Waals surface area contributed by atoms with E-state index in [2.05, 4.69) is 25.7 Å². The lowest BCUT2D eigenvalue weighted by Gasteiger charge is -2.44. The molecule has 10 rings (SSSR count). The van der Waals surface area contributed by atoms with E-state index in [1.54, 1.807) is 48.3 Å². The molecule has 3 amide bonds. The normalized spacial score (nSPS) is 26.1. The van der Waals surface area contributed by atoms with Crippen LogP contribution in [0.5, 0.6) is 0 Å². The zero-order valence-electron chi connectivity index (χ0n) is 35.5. The monoisotopic (exact) mass is 890 g/mol. The van der Waals surface area contributed by atoms with Crippen LogP contribution in [0.1, 0.15) is 92.3 Å². The second kappa shape index (κ2) is 16.3. The summed E-state index contributed by atoms with van der Waals surface area (Å²) in [5, 5.41) is 13.4. The molecule has 4 saturated heterocycles. The van der Waals surface area contributed by atoms with Crippen LogP contribution in [-0.2, 0) is 21.4 Å². The van der Waals surface area contributed by atoms with Crippen LogP contribution >= 0.6 is 0 Å². The fraction of sp³-hybridized carbons (Fsp3) is 0.558. The summed E-state index contributed by atoms with van der Waals surface area (Å²) in [7, 11) is 3.27. The van der Waals surface area contributed by atoms with E-state index < -0.39 is 60.1 Å². The summed E-state index contributed by atoms with van der Waals surface area (Å²) in [5.74, 6) is -3.94. The number of hydrogen-bond acceptors (Lipinski definition) is 11. The Morgan fingerprint density at radius 2 is 1.78 bits per heavy atom. The molecule has 17 nitrogen and oxygen atoms in total. The van der Waals surface area contributed by atoms with Gasteiger partial charge in [0.2, 0.25) is 11.8 Å². The molecule has 1 aliphatic carbocycles. The predicted octanol–water partition coefficient (Wildman–Crippen LogP) is 4.69. The van der Waals surface area contributed by atoms with Gasteiger partial charge in [0, 0.05) is 52.0 Å². The van der Waals surface area contributed by atoms with Crippen LogP contribution in [0.25, 0.3) is 16.7 Å². The minimum Gasteiger partial charge on any atom is -0.371 e. The summed E-state index contributed by atoms with van der Waals surface area (Å²) in [5.41, 5.74) is 0.681. The number of nitrogens with zero attached hydrogens (tertiary/aromatic N) is 10. The Labute approximate surface area is 364 Å². The van der Waals surface area contributed by atoms with Crippen LogP contribution in [0.3, 0.4) is 0 Å². The summed E-state index contributed by atoms with van der Waals surface area (Å²) in [6.07, 6.45) is 6.80. The molecular weight excluding hydrogens is 841 g/mol. The minimum atomic E-state index is -3.11. The number of ether oxygens (including phenoxy) is 1. The Morgan fingerprint density at radius 3 is 2.50 bits per heavy atom. The molecule has 8 heterocycles. The number of morpholine rings is 1. The topological polar surface area (TPSA) is 169 Å². The Kier molecular flexibility index (Phi) is 10.7. The maximum absolute atomic E-state index is 16.2. The molecule has 1 aromatic carbocycles. The molecule has 4 atom stereocenters. The van der Waals surface area contributed by atoms with E-state index in [4.69, 9.17) is 9.72 Å². The Bertz CT molecular complexity index is 2680. The number of imidazole rings is 1. The van der Waals surface area contributed by atoms with Gasteiger partial charge in [-0.05, 0) is 82.5 Å². The highest BCUT2D eigenvalue weighted by Gasteiger charge is 2.48. The Morgan fingerprint density at radius 1 is 1.02 bits per heavy atom. The third kappa shape index (κ3) is 7.58. The van der Waals surface area contributed by atoms with Gasteiger partial charge in [-0.15, -0.1) is 0 Å². The Hall–Kier alpha value is -5.83. The average molecular weight is 891 g/mol. The van der Waals surface area contributed by atoms with Gasteiger partial charge in [0.05, 0.1) is 59.4 Å². The molecule has 2 N–H and O–H groups in total. The molecule has 340 valence electrons. The molecule has 5 aromatic rings. The van der Waals surface area contributed by atoms with Crippen LogP contribution in [-0.4, -0.2) is 120 Å². The summed E-state index contributed by atoms with van der Waals surface area (Å²) in [6.45, 7) is 1.55. The van der Waals surface area contributed by atoms with Crippen molar-refractivity contribution in [2.24, 2.45) is 13.0 Å². The number of fused-ring (bicyclic) bond motifs is 4. The number of halogens is 4. The highest BCUT2D eigenvalue weighted by molar-refractivity contribution is 6.08. The number of amides is 3.